The lowest BCUT2D eigenvalue weighted by Crippen LogP contribution is -2.42. The van der Waals surface area contributed by atoms with E-state index in [4.69, 9.17) is 0 Å². The van der Waals surface area contributed by atoms with Crippen LogP contribution in [0.2, 0.25) is 0 Å². The van der Waals surface area contributed by atoms with Crippen LogP contribution in [-0.4, -0.2) is 64.1 Å². The summed E-state index contributed by atoms with van der Waals surface area (Å²) < 4.78 is 17.6. The molecule has 0 saturated carbocycles. The van der Waals surface area contributed by atoms with E-state index in [1.807, 2.05) is 30.3 Å². The van der Waals surface area contributed by atoms with Crippen LogP contribution in [0.15, 0.2) is 61.1 Å². The number of aryl methyl sites for hydroxylation is 1. The maximum absolute atomic E-state index is 14.3. The van der Waals surface area contributed by atoms with E-state index in [0.717, 1.165) is 10.9 Å². The third kappa shape index (κ3) is 5.33. The van der Waals surface area contributed by atoms with Crippen molar-refractivity contribution in [2.45, 2.75) is 25.6 Å². The average Bonchev–Trinajstić information content (AvgIpc) is 3.57. The van der Waals surface area contributed by atoms with E-state index in [-0.39, 0.29) is 12.1 Å². The fraction of sp³-hybridized carbons (Fsp3) is 0.222. The Labute approximate surface area is 228 Å². The van der Waals surface area contributed by atoms with Crippen LogP contribution in [0.4, 0.5) is 15.8 Å². The number of carbonyl (C=O) groups excluding carboxylic acids is 1. The van der Waals surface area contributed by atoms with Crippen molar-refractivity contribution in [1.82, 2.24) is 40.1 Å². The van der Waals surface area contributed by atoms with Gasteiger partial charge in [0.05, 0.1) is 29.0 Å². The first-order valence-electron chi connectivity index (χ1n) is 12.3. The van der Waals surface area contributed by atoms with Crippen molar-refractivity contribution in [3.8, 4) is 23.3 Å². The van der Waals surface area contributed by atoms with E-state index in [2.05, 4.69) is 42.2 Å². The first kappa shape index (κ1) is 26.4. The number of fused-ring (bicyclic) bond motifs is 1. The van der Waals surface area contributed by atoms with Gasteiger partial charge in [0.2, 0.25) is 0 Å². The number of nitriles is 1. The number of benzene rings is 1. The summed E-state index contributed by atoms with van der Waals surface area (Å²) in [6.07, 6.45) is 2.97. The molecule has 0 radical (unpaired) electrons. The van der Waals surface area contributed by atoms with Gasteiger partial charge >= 0.3 is 0 Å². The lowest BCUT2D eigenvalue weighted by atomic mass is 10.0. The number of aromatic nitrogens is 7. The summed E-state index contributed by atoms with van der Waals surface area (Å²) in [5.74, 6) is 0.495. The minimum atomic E-state index is -1.67. The minimum Gasteiger partial charge on any atom is -0.387 e. The van der Waals surface area contributed by atoms with E-state index in [9.17, 15) is 19.6 Å². The highest BCUT2D eigenvalue weighted by atomic mass is 19.1. The van der Waals surface area contributed by atoms with Gasteiger partial charge in [-0.05, 0) is 60.7 Å². The molecular weight excluding hydrogens is 515 g/mol. The van der Waals surface area contributed by atoms with E-state index in [0.29, 0.717) is 34.2 Å². The molecule has 0 fully saturated rings. The van der Waals surface area contributed by atoms with E-state index >= 15 is 0 Å². The summed E-state index contributed by atoms with van der Waals surface area (Å²) in [5.41, 5.74) is 1.46. The van der Waals surface area contributed by atoms with Crippen molar-refractivity contribution in [1.29, 1.82) is 5.26 Å². The number of anilines is 2. The zero-order chi connectivity index (χ0) is 28.4. The van der Waals surface area contributed by atoms with Gasteiger partial charge in [0.25, 0.3) is 5.91 Å². The quantitative estimate of drug-likeness (QED) is 0.269. The molecule has 0 spiro atoms. The second-order valence-corrected chi connectivity index (χ2v) is 9.68. The first-order chi connectivity index (χ1) is 19.1. The van der Waals surface area contributed by atoms with Gasteiger partial charge in [-0.3, -0.25) is 9.36 Å². The molecule has 4 aromatic heterocycles. The molecule has 0 aliphatic carbocycles. The number of pyridine rings is 2. The Morgan fingerprint density at radius 2 is 1.95 bits per heavy atom. The molecule has 12 nitrogen and oxygen atoms in total. The number of alkyl halides is 1. The van der Waals surface area contributed by atoms with Crippen molar-refractivity contribution < 1.29 is 14.3 Å². The van der Waals surface area contributed by atoms with Gasteiger partial charge in [0.1, 0.15) is 23.7 Å². The molecular formula is C27H25FN10O2. The number of rotatable bonds is 8. The molecule has 5 rings (SSSR count). The fourth-order valence-corrected chi connectivity index (χ4v) is 3.99. The number of aliphatic hydroxyl groups is 1. The molecule has 13 heteroatoms. The number of tetrazole rings is 1. The van der Waals surface area contributed by atoms with Crippen molar-refractivity contribution in [3.05, 3.63) is 72.2 Å². The van der Waals surface area contributed by atoms with Crippen molar-refractivity contribution in [3.63, 3.8) is 0 Å². The largest absolute Gasteiger partial charge is 0.387 e. The molecule has 0 saturated heterocycles. The van der Waals surface area contributed by atoms with Gasteiger partial charge < -0.3 is 15.7 Å². The van der Waals surface area contributed by atoms with Gasteiger partial charge in [0, 0.05) is 48.3 Å². The average molecular weight is 541 g/mol. The Hall–Kier alpha value is -5.22. The van der Waals surface area contributed by atoms with Crippen LogP contribution in [0.1, 0.15) is 29.8 Å². The predicted octanol–water partition coefficient (Wildman–Crippen LogP) is 3.07. The number of nitrogens with one attached hydrogen (secondary N) is 2. The zero-order valence-electron chi connectivity index (χ0n) is 21.9. The minimum absolute atomic E-state index is 0.171. The summed E-state index contributed by atoms with van der Waals surface area (Å²) in [4.78, 5) is 22.0. The molecule has 3 N–H and O–H groups in total. The topological polar surface area (TPSA) is 159 Å². The van der Waals surface area contributed by atoms with Crippen LogP contribution in [0.25, 0.3) is 28.2 Å². The molecule has 5 aromatic rings. The van der Waals surface area contributed by atoms with E-state index in [1.54, 1.807) is 34.6 Å². The smallest absolute Gasteiger partial charge is 0.255 e. The molecule has 0 aliphatic heterocycles. The maximum atomic E-state index is 14.3. The molecule has 1 aromatic carbocycles. The Balaban J connectivity index is 1.49. The Morgan fingerprint density at radius 1 is 1.18 bits per heavy atom. The second-order valence-electron chi connectivity index (χ2n) is 9.68. The van der Waals surface area contributed by atoms with Crippen molar-refractivity contribution in [2.24, 2.45) is 7.05 Å². The van der Waals surface area contributed by atoms with Gasteiger partial charge in [-0.15, -0.1) is 5.10 Å². The molecule has 4 heterocycles. The van der Waals surface area contributed by atoms with Crippen LogP contribution in [-0.2, 0) is 7.05 Å². The molecule has 0 aliphatic rings. The molecule has 1 unspecified atom stereocenters. The van der Waals surface area contributed by atoms with Crippen molar-refractivity contribution >= 4 is 28.3 Å². The Bertz CT molecular complexity index is 1730. The highest BCUT2D eigenvalue weighted by Gasteiger charge is 2.27. The molecule has 1 atom stereocenters. The lowest BCUT2D eigenvalue weighted by Gasteiger charge is -2.22. The standard InChI is InChI=1S/C27H25FN10O2/c1-27(2,40)22(28)15-32-26(39)20-14-30-23(38-9-8-18-10-16(12-29)13-31-24(18)38)11-21(20)33-19-6-4-17(5-7-19)25-34-35-36-37(25)3/h4-11,13-14,22,40H,15H2,1-3H3,(H,30,33)(H,32,39). The van der Waals surface area contributed by atoms with Crippen LogP contribution in [0, 0.1) is 11.3 Å². The Kier molecular flexibility index (Phi) is 6.93. The number of amides is 1. The predicted molar refractivity (Wildman–Crippen MR) is 145 cm³/mol. The van der Waals surface area contributed by atoms with Crippen LogP contribution in [0.5, 0.6) is 0 Å². The number of carbonyl (C=O) groups is 1. The van der Waals surface area contributed by atoms with E-state index in [1.165, 1.54) is 26.2 Å². The van der Waals surface area contributed by atoms with Crippen LogP contribution < -0.4 is 10.6 Å². The fourth-order valence-electron chi connectivity index (χ4n) is 3.99. The SMILES string of the molecule is Cn1nnnc1-c1ccc(Nc2cc(-n3ccc4cc(C#N)cnc43)ncc2C(=O)NCC(F)C(C)(C)O)cc1. The van der Waals surface area contributed by atoms with Gasteiger partial charge in [0.15, 0.2) is 5.82 Å². The van der Waals surface area contributed by atoms with Gasteiger partial charge in [-0.1, -0.05) is 0 Å². The molecule has 0 bridgehead atoms. The molecule has 202 valence electrons. The van der Waals surface area contributed by atoms with Crippen molar-refractivity contribution in [2.75, 3.05) is 11.9 Å². The number of halogens is 1. The van der Waals surface area contributed by atoms with Crippen LogP contribution in [0.3, 0.4) is 0 Å². The van der Waals surface area contributed by atoms with E-state index < -0.39 is 17.7 Å². The highest BCUT2D eigenvalue weighted by molar-refractivity contribution is 6.00. The summed E-state index contributed by atoms with van der Waals surface area (Å²) >= 11 is 0. The van der Waals surface area contributed by atoms with Crippen LogP contribution >= 0.6 is 0 Å². The highest BCUT2D eigenvalue weighted by Crippen LogP contribution is 2.27. The van der Waals surface area contributed by atoms with Gasteiger partial charge in [-0.2, -0.15) is 5.26 Å². The molecule has 40 heavy (non-hydrogen) atoms. The van der Waals surface area contributed by atoms with Gasteiger partial charge in [-0.25, -0.2) is 19.0 Å². The second kappa shape index (κ2) is 10.5. The summed E-state index contributed by atoms with van der Waals surface area (Å²) in [6.45, 7) is 2.29. The number of hydrogen-bond acceptors (Lipinski definition) is 9. The first-order valence-corrected chi connectivity index (χ1v) is 12.3. The Morgan fingerprint density at radius 3 is 2.62 bits per heavy atom. The summed E-state index contributed by atoms with van der Waals surface area (Å²) in [5, 5.41) is 37.1. The third-order valence-corrected chi connectivity index (χ3v) is 6.29. The number of hydrogen-bond donors (Lipinski definition) is 3. The summed E-state index contributed by atoms with van der Waals surface area (Å²) in [7, 11) is 1.74. The summed E-state index contributed by atoms with van der Waals surface area (Å²) in [6, 6.07) is 14.6. The zero-order valence-corrected chi connectivity index (χ0v) is 21.9. The third-order valence-electron chi connectivity index (χ3n) is 6.29. The maximum Gasteiger partial charge on any atom is 0.255 e. The number of nitrogens with zero attached hydrogens (tertiary/aromatic N) is 8. The molecule has 1 amide bonds. The lowest BCUT2D eigenvalue weighted by molar-refractivity contribution is -0.00177. The normalized spacial score (nSPS) is 12.2. The monoisotopic (exact) mass is 540 g/mol.